The first-order chi connectivity index (χ1) is 17.4. The lowest BCUT2D eigenvalue weighted by molar-refractivity contribution is -0.299. The number of rotatable bonds is 2. The predicted octanol–water partition coefficient (Wildman–Crippen LogP) is 5.41. The van der Waals surface area contributed by atoms with Gasteiger partial charge in [0, 0.05) is 53.1 Å². The van der Waals surface area contributed by atoms with Gasteiger partial charge in [-0.2, -0.15) is 0 Å². The monoisotopic (exact) mass is 479 g/mol. The fraction of sp³-hybridized carbons (Fsp3) is 0.367. The Bertz CT molecular complexity index is 1800. The van der Waals surface area contributed by atoms with E-state index in [4.69, 9.17) is 9.47 Å². The summed E-state index contributed by atoms with van der Waals surface area (Å²) in [6.45, 7) is 4.37. The van der Waals surface area contributed by atoms with Crippen LogP contribution in [0, 0.1) is 0 Å². The zero-order valence-electron chi connectivity index (χ0n) is 21.0. The van der Waals surface area contributed by atoms with Crippen molar-refractivity contribution in [1.82, 2.24) is 14.5 Å². The molecule has 2 aliphatic heterocycles. The Morgan fingerprint density at radius 1 is 0.944 bits per heavy atom. The van der Waals surface area contributed by atoms with E-state index >= 15 is 0 Å². The highest BCUT2D eigenvalue weighted by molar-refractivity contribution is 6.31. The van der Waals surface area contributed by atoms with Gasteiger partial charge in [-0.1, -0.05) is 36.4 Å². The summed E-state index contributed by atoms with van der Waals surface area (Å²) in [6, 6.07) is 17.1. The third-order valence-corrected chi connectivity index (χ3v) is 9.17. The van der Waals surface area contributed by atoms with Gasteiger partial charge in [-0.05, 0) is 45.0 Å². The van der Waals surface area contributed by atoms with Crippen molar-refractivity contribution in [3.05, 3.63) is 59.7 Å². The van der Waals surface area contributed by atoms with E-state index in [1.807, 2.05) is 7.05 Å². The van der Waals surface area contributed by atoms with E-state index in [2.05, 4.69) is 76.8 Å². The van der Waals surface area contributed by atoms with Gasteiger partial charge < -0.3 is 23.9 Å². The second-order valence-electron chi connectivity index (χ2n) is 11.0. The van der Waals surface area contributed by atoms with E-state index in [0.717, 1.165) is 51.2 Å². The third-order valence-electron chi connectivity index (χ3n) is 9.17. The van der Waals surface area contributed by atoms with Gasteiger partial charge in [0.25, 0.3) is 0 Å². The van der Waals surface area contributed by atoms with Crippen LogP contribution in [0.15, 0.2) is 48.5 Å². The molecule has 2 aromatic heterocycles. The van der Waals surface area contributed by atoms with E-state index < -0.39 is 11.4 Å². The number of aromatic nitrogens is 2. The Morgan fingerprint density at radius 2 is 1.58 bits per heavy atom. The number of hydrogen-bond acceptors (Lipinski definition) is 4. The lowest BCUT2D eigenvalue weighted by Gasteiger charge is -2.52. The van der Waals surface area contributed by atoms with Crippen LogP contribution in [-0.2, 0) is 27.3 Å². The van der Waals surface area contributed by atoms with Crippen molar-refractivity contribution in [2.75, 3.05) is 14.2 Å². The van der Waals surface area contributed by atoms with E-state index in [1.54, 1.807) is 7.11 Å². The maximum Gasteiger partial charge on any atom is 0.173 e. The van der Waals surface area contributed by atoms with Crippen molar-refractivity contribution < 1.29 is 14.3 Å². The molecule has 36 heavy (non-hydrogen) atoms. The van der Waals surface area contributed by atoms with E-state index in [0.29, 0.717) is 6.42 Å². The van der Waals surface area contributed by atoms with E-state index in [1.165, 1.54) is 16.3 Å². The molecule has 5 aromatic rings. The van der Waals surface area contributed by atoms with Crippen LogP contribution < -0.4 is 5.32 Å². The second kappa shape index (κ2) is 6.57. The second-order valence-corrected chi connectivity index (χ2v) is 11.0. The summed E-state index contributed by atoms with van der Waals surface area (Å²) in [7, 11) is 3.79. The van der Waals surface area contributed by atoms with E-state index in [-0.39, 0.29) is 17.9 Å². The Labute approximate surface area is 208 Å². The molecule has 0 spiro atoms. The van der Waals surface area contributed by atoms with Gasteiger partial charge >= 0.3 is 0 Å². The molecule has 4 heterocycles. The van der Waals surface area contributed by atoms with Crippen LogP contribution in [0.3, 0.4) is 0 Å². The number of para-hydroxylation sites is 2. The number of methoxy groups -OCH3 is 1. The molecule has 1 N–H and O–H groups in total. The summed E-state index contributed by atoms with van der Waals surface area (Å²) < 4.78 is 18.3. The number of benzene rings is 3. The highest BCUT2D eigenvalue weighted by Crippen LogP contribution is 2.55. The summed E-state index contributed by atoms with van der Waals surface area (Å²) in [4.78, 5) is 13.5. The van der Waals surface area contributed by atoms with Crippen molar-refractivity contribution in [2.45, 2.75) is 56.7 Å². The lowest BCUT2D eigenvalue weighted by atomic mass is 9.88. The minimum atomic E-state index is -0.777. The molecule has 6 heteroatoms. The highest BCUT2D eigenvalue weighted by Gasteiger charge is 2.57. The molecule has 0 saturated carbocycles. The number of ketones is 1. The van der Waals surface area contributed by atoms with Crippen LogP contribution in [0.25, 0.3) is 43.6 Å². The molecule has 1 fully saturated rings. The molecule has 182 valence electrons. The Balaban J connectivity index is 1.74. The number of carbonyl (C=O) groups is 1. The standard InChI is InChI=1S/C30H29N3O3/c1-29-15-19(31-3)28(35-4)30(2,36-29)33-21-12-8-5-9-16(21)23-18-13-14-22(34)24(18)25-17-10-6-7-11-20(17)32(29)27(25)26(23)33/h5-12,19,28,31H,13-15H2,1-4H3/t19-,28-,29+,30-/m0/s1. The molecule has 0 amide bonds. The summed E-state index contributed by atoms with van der Waals surface area (Å²) in [5.41, 5.74) is 5.15. The van der Waals surface area contributed by atoms with E-state index in [9.17, 15) is 4.79 Å². The molecule has 4 atom stereocenters. The number of fused-ring (bicyclic) bond motifs is 13. The molecule has 6 nitrogen and oxygen atoms in total. The number of hydrogen-bond donors (Lipinski definition) is 1. The largest absolute Gasteiger partial charge is 0.375 e. The first kappa shape index (κ1) is 20.9. The molecule has 0 unspecified atom stereocenters. The number of carbonyl (C=O) groups excluding carboxylic acids is 1. The molecule has 1 aliphatic carbocycles. The van der Waals surface area contributed by atoms with Crippen LogP contribution in [0.4, 0.5) is 0 Å². The van der Waals surface area contributed by atoms with Crippen LogP contribution in [0.1, 0.15) is 42.6 Å². The molecule has 8 rings (SSSR count). The summed E-state index contributed by atoms with van der Waals surface area (Å²) in [5.74, 6) is 0.249. The average molecular weight is 480 g/mol. The Kier molecular flexibility index (Phi) is 3.82. The Hall–Kier alpha value is -3.19. The maximum absolute atomic E-state index is 13.5. The lowest BCUT2D eigenvalue weighted by Crippen LogP contribution is -2.64. The first-order valence-electron chi connectivity index (χ1n) is 12.9. The fourth-order valence-corrected chi connectivity index (χ4v) is 8.02. The van der Waals surface area contributed by atoms with Gasteiger partial charge in [-0.15, -0.1) is 0 Å². The average Bonchev–Trinajstić information content (AvgIpc) is 3.51. The zero-order valence-corrected chi connectivity index (χ0v) is 21.0. The van der Waals surface area contributed by atoms with Gasteiger partial charge in [-0.3, -0.25) is 4.79 Å². The number of nitrogens with one attached hydrogen (secondary N) is 1. The molecule has 3 aromatic carbocycles. The molecular weight excluding hydrogens is 450 g/mol. The van der Waals surface area contributed by atoms with Gasteiger partial charge in [0.05, 0.1) is 22.1 Å². The molecular formula is C30H29N3O3. The predicted molar refractivity (Wildman–Crippen MR) is 142 cm³/mol. The van der Waals surface area contributed by atoms with Gasteiger partial charge in [0.1, 0.15) is 11.8 Å². The highest BCUT2D eigenvalue weighted by atomic mass is 16.6. The topological polar surface area (TPSA) is 57.4 Å². The summed E-state index contributed by atoms with van der Waals surface area (Å²) >= 11 is 0. The zero-order chi connectivity index (χ0) is 24.6. The van der Waals surface area contributed by atoms with Crippen LogP contribution in [0.5, 0.6) is 0 Å². The van der Waals surface area contributed by atoms with Crippen molar-refractivity contribution in [2.24, 2.45) is 0 Å². The minimum absolute atomic E-state index is 0.0639. The van der Waals surface area contributed by atoms with Crippen LogP contribution >= 0.6 is 0 Å². The number of likely N-dealkylation sites (N-methyl/N-ethyl adjacent to an activating group) is 1. The van der Waals surface area contributed by atoms with Crippen molar-refractivity contribution >= 4 is 49.4 Å². The summed E-state index contributed by atoms with van der Waals surface area (Å²) in [5, 5.41) is 8.12. The fourth-order valence-electron chi connectivity index (χ4n) is 8.02. The Morgan fingerprint density at radius 3 is 2.28 bits per heavy atom. The molecule has 2 bridgehead atoms. The third kappa shape index (κ3) is 2.15. The number of Topliss-reactive ketones (excluding diaryl/α,β-unsaturated/α-hetero) is 1. The van der Waals surface area contributed by atoms with Crippen LogP contribution in [-0.4, -0.2) is 41.2 Å². The van der Waals surface area contributed by atoms with Gasteiger partial charge in [0.2, 0.25) is 0 Å². The normalized spacial score (nSPS) is 29.2. The minimum Gasteiger partial charge on any atom is -0.375 e. The molecule has 3 aliphatic rings. The summed E-state index contributed by atoms with van der Waals surface area (Å²) in [6.07, 6.45) is 1.86. The van der Waals surface area contributed by atoms with Gasteiger partial charge in [-0.25, -0.2) is 0 Å². The number of nitrogens with zero attached hydrogens (tertiary/aromatic N) is 2. The van der Waals surface area contributed by atoms with Crippen molar-refractivity contribution in [1.29, 1.82) is 0 Å². The first-order valence-corrected chi connectivity index (χ1v) is 12.9. The quantitative estimate of drug-likeness (QED) is 0.368. The number of aryl methyl sites for hydroxylation is 1. The molecule has 0 radical (unpaired) electrons. The molecule has 1 saturated heterocycles. The SMILES string of the molecule is CN[C@H]1C[C@@]2(C)O[C@@](C)([C@H]1OC)n1c3ccccc3c3c4c(c5c6ccccc6n2c5c31)C(=O)CC4. The number of ether oxygens (including phenoxy) is 2. The van der Waals surface area contributed by atoms with Gasteiger partial charge in [0.15, 0.2) is 11.5 Å². The van der Waals surface area contributed by atoms with Crippen LogP contribution in [0.2, 0.25) is 0 Å². The maximum atomic E-state index is 13.5. The van der Waals surface area contributed by atoms with Crippen molar-refractivity contribution in [3.8, 4) is 0 Å². The van der Waals surface area contributed by atoms with Crippen molar-refractivity contribution in [3.63, 3.8) is 0 Å². The smallest absolute Gasteiger partial charge is 0.173 e.